The smallest absolute Gasteiger partial charge is 0.0630 e. The number of piperidine rings is 1. The van der Waals surface area contributed by atoms with Crippen LogP contribution in [0.5, 0.6) is 0 Å². The maximum atomic E-state index is 5.57. The van der Waals surface area contributed by atoms with Gasteiger partial charge in [-0.25, -0.2) is 0 Å². The fourth-order valence-electron chi connectivity index (χ4n) is 4.84. The van der Waals surface area contributed by atoms with Crippen molar-refractivity contribution in [2.24, 2.45) is 11.8 Å². The second-order valence-electron chi connectivity index (χ2n) is 8.21. The minimum absolute atomic E-state index is 0.600. The topological polar surface area (TPSA) is 27.7 Å². The van der Waals surface area contributed by atoms with Crippen LogP contribution in [0, 0.1) is 11.8 Å². The van der Waals surface area contributed by atoms with E-state index in [1.54, 1.807) is 0 Å². The highest BCUT2D eigenvalue weighted by molar-refractivity contribution is 4.89. The number of nitrogens with zero attached hydrogens (tertiary/aromatic N) is 2. The molecule has 3 aliphatic rings. The molecule has 4 nitrogen and oxygen atoms in total. The van der Waals surface area contributed by atoms with Crippen molar-refractivity contribution in [3.05, 3.63) is 0 Å². The highest BCUT2D eigenvalue weighted by atomic mass is 16.5. The molecule has 0 spiro atoms. The van der Waals surface area contributed by atoms with E-state index in [4.69, 9.17) is 4.74 Å². The van der Waals surface area contributed by atoms with Gasteiger partial charge in [0.25, 0.3) is 0 Å². The Hall–Kier alpha value is -0.160. The van der Waals surface area contributed by atoms with Crippen molar-refractivity contribution in [3.63, 3.8) is 0 Å². The zero-order chi connectivity index (χ0) is 16.1. The van der Waals surface area contributed by atoms with Crippen LogP contribution in [0.4, 0.5) is 0 Å². The fraction of sp³-hybridized carbons (Fsp3) is 1.00. The number of methoxy groups -OCH3 is 1. The van der Waals surface area contributed by atoms with Gasteiger partial charge in [0.05, 0.1) is 6.61 Å². The van der Waals surface area contributed by atoms with E-state index in [9.17, 15) is 0 Å². The average Bonchev–Trinajstić information content (AvgIpc) is 2.58. The first-order chi connectivity index (χ1) is 11.3. The minimum Gasteiger partial charge on any atom is -0.383 e. The molecule has 0 aromatic rings. The summed E-state index contributed by atoms with van der Waals surface area (Å²) in [6.07, 6.45) is 8.37. The van der Waals surface area contributed by atoms with Crippen molar-refractivity contribution in [2.75, 3.05) is 53.0 Å². The zero-order valence-corrected chi connectivity index (χ0v) is 15.3. The number of hydrogen-bond donors (Lipinski definition) is 1. The predicted octanol–water partition coefficient (Wildman–Crippen LogP) is 2.20. The molecular weight excluding hydrogens is 286 g/mol. The van der Waals surface area contributed by atoms with Gasteiger partial charge in [0.2, 0.25) is 0 Å². The third-order valence-electron chi connectivity index (χ3n) is 6.45. The van der Waals surface area contributed by atoms with Crippen LogP contribution in [0.25, 0.3) is 0 Å². The van der Waals surface area contributed by atoms with Crippen LogP contribution in [0.2, 0.25) is 0 Å². The molecule has 1 unspecified atom stereocenters. The van der Waals surface area contributed by atoms with Gasteiger partial charge in [-0.1, -0.05) is 6.92 Å². The van der Waals surface area contributed by atoms with Crippen LogP contribution < -0.4 is 5.32 Å². The molecule has 2 aliphatic heterocycles. The monoisotopic (exact) mass is 323 g/mol. The molecule has 1 aliphatic carbocycles. The Morgan fingerprint density at radius 1 is 1.00 bits per heavy atom. The van der Waals surface area contributed by atoms with E-state index in [0.717, 1.165) is 24.5 Å². The van der Waals surface area contributed by atoms with Gasteiger partial charge in [-0.15, -0.1) is 0 Å². The van der Waals surface area contributed by atoms with Crippen molar-refractivity contribution >= 4 is 0 Å². The Bertz CT molecular complexity index is 338. The molecule has 4 heteroatoms. The molecule has 1 atom stereocenters. The van der Waals surface area contributed by atoms with Gasteiger partial charge in [-0.05, 0) is 63.5 Å². The van der Waals surface area contributed by atoms with E-state index in [2.05, 4.69) is 22.0 Å². The Kier molecular flexibility index (Phi) is 6.75. The molecule has 1 N–H and O–H groups in total. The summed E-state index contributed by atoms with van der Waals surface area (Å²) in [5.41, 5.74) is 0. The molecule has 0 radical (unpaired) electrons. The standard InChI is InChI=1S/C19H37N3O/c1-16-3-5-18(6-4-16)22-12-11-21(19(14-22)15-23-2)13-17-7-9-20-10-8-17/h16-20H,3-15H2,1-2H3. The Balaban J connectivity index is 1.52. The van der Waals surface area contributed by atoms with Crippen molar-refractivity contribution in [2.45, 2.75) is 57.5 Å². The molecule has 3 rings (SSSR count). The number of rotatable bonds is 5. The number of ether oxygens (including phenoxy) is 1. The molecule has 0 amide bonds. The summed E-state index contributed by atoms with van der Waals surface area (Å²) in [4.78, 5) is 5.52. The number of hydrogen-bond acceptors (Lipinski definition) is 4. The average molecular weight is 324 g/mol. The second kappa shape index (κ2) is 8.80. The predicted molar refractivity (Wildman–Crippen MR) is 95.8 cm³/mol. The lowest BCUT2D eigenvalue weighted by Gasteiger charge is -2.46. The maximum absolute atomic E-state index is 5.57. The molecule has 0 bridgehead atoms. The third kappa shape index (κ3) is 4.91. The SMILES string of the molecule is COCC1CN(C2CCC(C)CC2)CCN1CC1CCNCC1. The van der Waals surface area contributed by atoms with Gasteiger partial charge in [0.1, 0.15) is 0 Å². The third-order valence-corrected chi connectivity index (χ3v) is 6.45. The van der Waals surface area contributed by atoms with E-state index >= 15 is 0 Å². The van der Waals surface area contributed by atoms with Crippen LogP contribution >= 0.6 is 0 Å². The maximum Gasteiger partial charge on any atom is 0.0630 e. The van der Waals surface area contributed by atoms with Crippen LogP contribution in [0.3, 0.4) is 0 Å². The quantitative estimate of drug-likeness (QED) is 0.839. The lowest BCUT2D eigenvalue weighted by Crippen LogP contribution is -2.58. The summed E-state index contributed by atoms with van der Waals surface area (Å²) < 4.78 is 5.57. The van der Waals surface area contributed by atoms with E-state index < -0.39 is 0 Å². The first-order valence-corrected chi connectivity index (χ1v) is 9.94. The van der Waals surface area contributed by atoms with Crippen molar-refractivity contribution in [1.29, 1.82) is 0 Å². The summed E-state index contributed by atoms with van der Waals surface area (Å²) in [6, 6.07) is 1.44. The summed E-state index contributed by atoms with van der Waals surface area (Å²) in [6.45, 7) is 10.7. The van der Waals surface area contributed by atoms with Gasteiger partial charge in [-0.3, -0.25) is 9.80 Å². The van der Waals surface area contributed by atoms with E-state index in [1.165, 1.54) is 77.8 Å². The van der Waals surface area contributed by atoms with Crippen LogP contribution in [-0.4, -0.2) is 74.9 Å². The molecule has 1 saturated carbocycles. The number of piperazine rings is 1. The second-order valence-corrected chi connectivity index (χ2v) is 8.21. The van der Waals surface area contributed by atoms with Gasteiger partial charge >= 0.3 is 0 Å². The summed E-state index contributed by atoms with van der Waals surface area (Å²) in [5.74, 6) is 1.83. The highest BCUT2D eigenvalue weighted by Gasteiger charge is 2.33. The molecule has 2 saturated heterocycles. The minimum atomic E-state index is 0.600. The fourth-order valence-corrected chi connectivity index (χ4v) is 4.84. The van der Waals surface area contributed by atoms with Crippen LogP contribution in [-0.2, 0) is 4.74 Å². The first-order valence-electron chi connectivity index (χ1n) is 9.94. The van der Waals surface area contributed by atoms with Crippen molar-refractivity contribution in [1.82, 2.24) is 15.1 Å². The number of nitrogens with one attached hydrogen (secondary N) is 1. The molecule has 3 fully saturated rings. The molecule has 0 aromatic carbocycles. The van der Waals surface area contributed by atoms with Gasteiger partial charge < -0.3 is 10.1 Å². The molecule has 2 heterocycles. The molecule has 134 valence electrons. The van der Waals surface area contributed by atoms with Crippen molar-refractivity contribution in [3.8, 4) is 0 Å². The summed E-state index contributed by atoms with van der Waals surface area (Å²) in [7, 11) is 1.87. The van der Waals surface area contributed by atoms with Gasteiger partial charge in [-0.2, -0.15) is 0 Å². The van der Waals surface area contributed by atoms with E-state index in [0.29, 0.717) is 6.04 Å². The van der Waals surface area contributed by atoms with Gasteiger partial charge in [0, 0.05) is 45.4 Å². The summed E-state index contributed by atoms with van der Waals surface area (Å²) >= 11 is 0. The molecule has 0 aromatic heterocycles. The van der Waals surface area contributed by atoms with Crippen LogP contribution in [0.1, 0.15) is 45.4 Å². The lowest BCUT2D eigenvalue weighted by molar-refractivity contribution is -0.00858. The highest BCUT2D eigenvalue weighted by Crippen LogP contribution is 2.29. The molecule has 23 heavy (non-hydrogen) atoms. The zero-order valence-electron chi connectivity index (χ0n) is 15.3. The Labute approximate surface area is 142 Å². The van der Waals surface area contributed by atoms with Crippen LogP contribution in [0.15, 0.2) is 0 Å². The lowest BCUT2D eigenvalue weighted by atomic mass is 9.86. The normalized spacial score (nSPS) is 35.5. The Morgan fingerprint density at radius 3 is 2.43 bits per heavy atom. The summed E-state index contributed by atoms with van der Waals surface area (Å²) in [5, 5.41) is 3.49. The van der Waals surface area contributed by atoms with Gasteiger partial charge in [0.15, 0.2) is 0 Å². The molecular formula is C19H37N3O. The van der Waals surface area contributed by atoms with Crippen molar-refractivity contribution < 1.29 is 4.74 Å². The van der Waals surface area contributed by atoms with E-state index in [-0.39, 0.29) is 0 Å². The first kappa shape index (κ1) is 17.7. The largest absolute Gasteiger partial charge is 0.383 e. The Morgan fingerprint density at radius 2 is 1.74 bits per heavy atom. The van der Waals surface area contributed by atoms with E-state index in [1.807, 2.05) is 7.11 Å².